The second-order valence-corrected chi connectivity index (χ2v) is 8.55. The van der Waals surface area contributed by atoms with Crippen LogP contribution in [0, 0.1) is 0 Å². The molecule has 1 aromatic carbocycles. The number of hydrogen-bond acceptors (Lipinski definition) is 5. The van der Waals surface area contributed by atoms with Gasteiger partial charge in [-0.15, -0.1) is 11.3 Å². The van der Waals surface area contributed by atoms with Crippen LogP contribution < -0.4 is 5.32 Å². The van der Waals surface area contributed by atoms with Gasteiger partial charge in [-0.25, -0.2) is 0 Å². The van der Waals surface area contributed by atoms with E-state index in [0.29, 0.717) is 20.5 Å². The number of carbonyl (C=O) groups is 3. The molecule has 1 aliphatic rings. The zero-order valence-corrected chi connectivity index (χ0v) is 17.2. The first kappa shape index (κ1) is 19.9. The summed E-state index contributed by atoms with van der Waals surface area (Å²) in [5, 5.41) is 5.09. The third-order valence-corrected chi connectivity index (χ3v) is 6.09. The van der Waals surface area contributed by atoms with E-state index in [2.05, 4.69) is 5.32 Å². The van der Waals surface area contributed by atoms with Crippen LogP contribution in [0.1, 0.15) is 23.4 Å². The van der Waals surface area contributed by atoms with Gasteiger partial charge in [0, 0.05) is 14.9 Å². The minimum absolute atomic E-state index is 0.309. The van der Waals surface area contributed by atoms with E-state index in [1.54, 1.807) is 31.2 Å². The van der Waals surface area contributed by atoms with Crippen molar-refractivity contribution in [1.82, 2.24) is 10.2 Å². The number of nitrogens with one attached hydrogen (secondary N) is 1. The van der Waals surface area contributed by atoms with Crippen molar-refractivity contribution in [3.05, 3.63) is 61.1 Å². The van der Waals surface area contributed by atoms with Gasteiger partial charge in [0.05, 0.1) is 10.9 Å². The molecule has 1 unspecified atom stereocenters. The highest BCUT2D eigenvalue weighted by atomic mass is 35.5. The molecule has 0 aliphatic carbocycles. The molecule has 5 nitrogen and oxygen atoms in total. The number of benzene rings is 1. The normalized spacial score (nSPS) is 16.9. The first-order valence-corrected chi connectivity index (χ1v) is 10.3. The molecule has 1 aromatic heterocycles. The van der Waals surface area contributed by atoms with Crippen LogP contribution in [0.15, 0.2) is 40.6 Å². The lowest BCUT2D eigenvalue weighted by atomic mass is 10.1. The van der Waals surface area contributed by atoms with Crippen molar-refractivity contribution in [2.45, 2.75) is 13.0 Å². The van der Waals surface area contributed by atoms with Gasteiger partial charge in [-0.05, 0) is 53.9 Å². The topological polar surface area (TPSA) is 66.5 Å². The lowest BCUT2D eigenvalue weighted by Gasteiger charge is -2.18. The van der Waals surface area contributed by atoms with Crippen LogP contribution in [-0.4, -0.2) is 28.5 Å². The second kappa shape index (κ2) is 8.48. The molecule has 27 heavy (non-hydrogen) atoms. The Morgan fingerprint density at radius 3 is 2.74 bits per heavy atom. The van der Waals surface area contributed by atoms with E-state index in [0.717, 1.165) is 21.5 Å². The third kappa shape index (κ3) is 4.73. The number of imide groups is 1. The minimum Gasteiger partial charge on any atom is -0.348 e. The number of nitrogens with zero attached hydrogens (tertiary/aromatic N) is 1. The Morgan fingerprint density at radius 2 is 2.07 bits per heavy atom. The average Bonchev–Trinajstić information content (AvgIpc) is 3.19. The van der Waals surface area contributed by atoms with Crippen molar-refractivity contribution >= 4 is 69.4 Å². The third-order valence-electron chi connectivity index (χ3n) is 3.80. The Hall–Kier alpha value is -1.80. The SMILES string of the molecule is CC(NC(=O)CN1C(=O)S/C(=C\c2cccs2)C1=O)c1ccc(Cl)cc1Cl. The molecule has 2 heterocycles. The van der Waals surface area contributed by atoms with Crippen molar-refractivity contribution in [2.24, 2.45) is 0 Å². The molecule has 1 saturated heterocycles. The molecule has 0 saturated carbocycles. The van der Waals surface area contributed by atoms with E-state index in [1.807, 2.05) is 17.5 Å². The number of thioether (sulfide) groups is 1. The van der Waals surface area contributed by atoms with Gasteiger partial charge in [0.1, 0.15) is 6.54 Å². The lowest BCUT2D eigenvalue weighted by molar-refractivity contribution is -0.129. The summed E-state index contributed by atoms with van der Waals surface area (Å²) in [6.07, 6.45) is 1.66. The monoisotopic (exact) mass is 440 g/mol. The fourth-order valence-electron chi connectivity index (χ4n) is 2.50. The van der Waals surface area contributed by atoms with E-state index in [-0.39, 0.29) is 6.54 Å². The van der Waals surface area contributed by atoms with Gasteiger partial charge < -0.3 is 5.32 Å². The maximum atomic E-state index is 12.4. The average molecular weight is 441 g/mol. The fraction of sp³-hybridized carbons (Fsp3) is 0.167. The highest BCUT2D eigenvalue weighted by Crippen LogP contribution is 2.33. The van der Waals surface area contributed by atoms with Crippen molar-refractivity contribution in [3.8, 4) is 0 Å². The van der Waals surface area contributed by atoms with E-state index < -0.39 is 23.1 Å². The summed E-state index contributed by atoms with van der Waals surface area (Å²) in [5.41, 5.74) is 0.696. The van der Waals surface area contributed by atoms with Gasteiger partial charge in [-0.3, -0.25) is 19.3 Å². The van der Waals surface area contributed by atoms with Gasteiger partial charge in [-0.2, -0.15) is 0 Å². The molecule has 0 spiro atoms. The molecule has 3 amide bonds. The predicted octanol–water partition coefficient (Wildman–Crippen LogP) is 4.97. The molecule has 0 radical (unpaired) electrons. The van der Waals surface area contributed by atoms with Crippen LogP contribution in [0.2, 0.25) is 10.0 Å². The zero-order chi connectivity index (χ0) is 19.6. The minimum atomic E-state index is -0.467. The maximum Gasteiger partial charge on any atom is 0.294 e. The number of amides is 3. The van der Waals surface area contributed by atoms with Crippen molar-refractivity contribution in [2.75, 3.05) is 6.54 Å². The molecule has 2 aromatic rings. The van der Waals surface area contributed by atoms with Gasteiger partial charge in [0.15, 0.2) is 0 Å². The summed E-state index contributed by atoms with van der Waals surface area (Å²) < 4.78 is 0. The Balaban J connectivity index is 1.65. The van der Waals surface area contributed by atoms with E-state index in [1.165, 1.54) is 11.3 Å². The summed E-state index contributed by atoms with van der Waals surface area (Å²) in [6, 6.07) is 8.30. The molecule has 1 aliphatic heterocycles. The Kier molecular flexibility index (Phi) is 6.26. The summed E-state index contributed by atoms with van der Waals surface area (Å²) in [4.78, 5) is 39.0. The lowest BCUT2D eigenvalue weighted by Crippen LogP contribution is -2.40. The molecule has 1 fully saturated rings. The molecule has 0 bridgehead atoms. The Bertz CT molecular complexity index is 929. The predicted molar refractivity (Wildman–Crippen MR) is 110 cm³/mol. The van der Waals surface area contributed by atoms with E-state index in [9.17, 15) is 14.4 Å². The van der Waals surface area contributed by atoms with Crippen LogP contribution in [0.4, 0.5) is 4.79 Å². The summed E-state index contributed by atoms with van der Waals surface area (Å²) in [5.74, 6) is -0.918. The number of hydrogen-bond donors (Lipinski definition) is 1. The number of carbonyl (C=O) groups excluding carboxylic acids is 3. The largest absolute Gasteiger partial charge is 0.348 e. The maximum absolute atomic E-state index is 12.4. The van der Waals surface area contributed by atoms with Crippen LogP contribution in [0.25, 0.3) is 6.08 Å². The highest BCUT2D eigenvalue weighted by Gasteiger charge is 2.36. The summed E-state index contributed by atoms with van der Waals surface area (Å²) >= 11 is 14.3. The van der Waals surface area contributed by atoms with Crippen molar-refractivity contribution in [3.63, 3.8) is 0 Å². The number of halogens is 2. The summed E-state index contributed by atoms with van der Waals surface area (Å²) in [6.45, 7) is 1.42. The molecule has 1 N–H and O–H groups in total. The molecular formula is C18H14Cl2N2O3S2. The molecule has 9 heteroatoms. The van der Waals surface area contributed by atoms with E-state index >= 15 is 0 Å². The first-order chi connectivity index (χ1) is 12.8. The van der Waals surface area contributed by atoms with Crippen molar-refractivity contribution in [1.29, 1.82) is 0 Å². The van der Waals surface area contributed by atoms with Crippen LogP contribution in [-0.2, 0) is 9.59 Å². The Morgan fingerprint density at radius 1 is 1.30 bits per heavy atom. The fourth-order valence-corrected chi connectivity index (χ4v) is 4.63. The Labute approximate surface area is 174 Å². The first-order valence-electron chi connectivity index (χ1n) is 7.88. The van der Waals surface area contributed by atoms with Crippen LogP contribution in [0.3, 0.4) is 0 Å². The van der Waals surface area contributed by atoms with Crippen molar-refractivity contribution < 1.29 is 14.4 Å². The highest BCUT2D eigenvalue weighted by molar-refractivity contribution is 8.18. The van der Waals surface area contributed by atoms with Crippen LogP contribution >= 0.6 is 46.3 Å². The number of thiophene rings is 1. The van der Waals surface area contributed by atoms with E-state index in [4.69, 9.17) is 23.2 Å². The molecule has 1 atom stereocenters. The van der Waals surface area contributed by atoms with Gasteiger partial charge in [-0.1, -0.05) is 35.3 Å². The molecule has 140 valence electrons. The summed E-state index contributed by atoms with van der Waals surface area (Å²) in [7, 11) is 0. The standard InChI is InChI=1S/C18H14Cl2N2O3S2/c1-10(13-5-4-11(19)7-14(13)20)21-16(23)9-22-17(24)15(27-18(22)25)8-12-3-2-6-26-12/h2-8,10H,9H2,1H3,(H,21,23)/b15-8-. The number of rotatable bonds is 5. The van der Waals surface area contributed by atoms with Gasteiger partial charge in [0.25, 0.3) is 11.1 Å². The van der Waals surface area contributed by atoms with Gasteiger partial charge in [0.2, 0.25) is 5.91 Å². The molecular weight excluding hydrogens is 427 g/mol. The smallest absolute Gasteiger partial charge is 0.294 e. The van der Waals surface area contributed by atoms with Gasteiger partial charge >= 0.3 is 0 Å². The zero-order valence-electron chi connectivity index (χ0n) is 14.1. The quantitative estimate of drug-likeness (QED) is 0.666. The second-order valence-electron chi connectivity index (χ2n) is 5.74. The molecule has 3 rings (SSSR count). The van der Waals surface area contributed by atoms with Crippen LogP contribution in [0.5, 0.6) is 0 Å².